The van der Waals surface area contributed by atoms with Crippen LogP contribution in [-0.2, 0) is 35.0 Å². The van der Waals surface area contributed by atoms with Crippen molar-refractivity contribution in [1.29, 1.82) is 0 Å². The van der Waals surface area contributed by atoms with Crippen molar-refractivity contribution >= 4 is 23.8 Å². The number of ether oxygens (including phenoxy) is 4. The van der Waals surface area contributed by atoms with Crippen LogP contribution in [-0.4, -0.2) is 65.9 Å². The summed E-state index contributed by atoms with van der Waals surface area (Å²) in [6.07, 6.45) is 2.56. The fourth-order valence-corrected chi connectivity index (χ4v) is 4.87. The standard InChI is InChI=1S/C28H32N2O9/c1-16-24(39-26(33)18-10-6-7-11-18)19(14-17-8-4-3-5-9-17)27(34)37-15-20(28(35)38-16)30-25(32)22-23(31)21(36-2)12-13-29-22/h3-5,8-9,12-13,16,18-20,24,31H,6-7,10-11,14-15H2,1-2H3,(H,30,32). The molecule has 208 valence electrons. The van der Waals surface area contributed by atoms with E-state index in [0.717, 1.165) is 18.4 Å². The van der Waals surface area contributed by atoms with Crippen molar-refractivity contribution in [2.75, 3.05) is 13.7 Å². The first kappa shape index (κ1) is 27.9. The minimum absolute atomic E-state index is 0.0166. The van der Waals surface area contributed by atoms with Gasteiger partial charge in [0.1, 0.15) is 18.6 Å². The number of benzene rings is 1. The molecule has 2 aliphatic rings. The average molecular weight is 541 g/mol. The van der Waals surface area contributed by atoms with Crippen LogP contribution in [0.2, 0.25) is 0 Å². The summed E-state index contributed by atoms with van der Waals surface area (Å²) >= 11 is 0. The van der Waals surface area contributed by atoms with Crippen LogP contribution in [0.5, 0.6) is 11.5 Å². The zero-order valence-corrected chi connectivity index (χ0v) is 21.8. The number of pyridine rings is 1. The first-order chi connectivity index (χ1) is 18.8. The number of amides is 1. The number of rotatable bonds is 7. The van der Waals surface area contributed by atoms with Gasteiger partial charge in [-0.2, -0.15) is 0 Å². The van der Waals surface area contributed by atoms with Crippen molar-refractivity contribution in [3.8, 4) is 11.5 Å². The number of hydrogen-bond donors (Lipinski definition) is 2. The predicted molar refractivity (Wildman–Crippen MR) is 136 cm³/mol. The molecule has 1 saturated carbocycles. The number of cyclic esters (lactones) is 2. The van der Waals surface area contributed by atoms with Crippen molar-refractivity contribution in [2.45, 2.75) is 57.3 Å². The van der Waals surface area contributed by atoms with Gasteiger partial charge in [-0.15, -0.1) is 0 Å². The van der Waals surface area contributed by atoms with E-state index >= 15 is 0 Å². The normalized spacial score (nSPS) is 23.9. The molecule has 4 rings (SSSR count). The first-order valence-electron chi connectivity index (χ1n) is 12.9. The number of carbonyl (C=O) groups excluding carboxylic acids is 4. The van der Waals surface area contributed by atoms with Gasteiger partial charge in [0.15, 0.2) is 29.3 Å². The Hall–Kier alpha value is -4.15. The number of nitrogens with one attached hydrogen (secondary N) is 1. The van der Waals surface area contributed by atoms with E-state index in [9.17, 15) is 24.3 Å². The second-order valence-electron chi connectivity index (χ2n) is 9.69. The van der Waals surface area contributed by atoms with Crippen molar-refractivity contribution in [3.63, 3.8) is 0 Å². The van der Waals surface area contributed by atoms with E-state index in [1.807, 2.05) is 30.3 Å². The number of aromatic hydroxyl groups is 1. The van der Waals surface area contributed by atoms with Crippen molar-refractivity contribution in [2.24, 2.45) is 11.8 Å². The molecule has 2 aromatic rings. The third-order valence-corrected chi connectivity index (χ3v) is 7.01. The Kier molecular flexibility index (Phi) is 9.00. The van der Waals surface area contributed by atoms with Crippen LogP contribution in [0.3, 0.4) is 0 Å². The maximum absolute atomic E-state index is 13.4. The molecule has 11 nitrogen and oxygen atoms in total. The van der Waals surface area contributed by atoms with E-state index in [-0.39, 0.29) is 23.8 Å². The number of esters is 3. The number of carbonyl (C=O) groups is 4. The van der Waals surface area contributed by atoms with Crippen molar-refractivity contribution in [1.82, 2.24) is 10.3 Å². The molecule has 4 unspecified atom stereocenters. The van der Waals surface area contributed by atoms with Gasteiger partial charge in [-0.25, -0.2) is 9.78 Å². The van der Waals surface area contributed by atoms with Gasteiger partial charge in [-0.1, -0.05) is 43.2 Å². The lowest BCUT2D eigenvalue weighted by Crippen LogP contribution is -2.47. The van der Waals surface area contributed by atoms with E-state index in [2.05, 4.69) is 10.3 Å². The maximum Gasteiger partial charge on any atom is 0.332 e. The van der Waals surface area contributed by atoms with Gasteiger partial charge in [0, 0.05) is 12.3 Å². The van der Waals surface area contributed by atoms with Crippen LogP contribution in [0, 0.1) is 11.8 Å². The maximum atomic E-state index is 13.4. The van der Waals surface area contributed by atoms with E-state index in [1.54, 1.807) is 0 Å². The summed E-state index contributed by atoms with van der Waals surface area (Å²) in [6, 6.07) is 9.13. The largest absolute Gasteiger partial charge is 0.503 e. The molecular formula is C28H32N2O9. The van der Waals surface area contributed by atoms with Crippen molar-refractivity contribution < 1.29 is 43.2 Å². The summed E-state index contributed by atoms with van der Waals surface area (Å²) < 4.78 is 21.9. The SMILES string of the molecule is COc1ccnc(C(=O)NC2COC(=O)C(Cc3ccccc3)C(OC(=O)C3CCCC3)C(C)OC2=O)c1O. The quantitative estimate of drug-likeness (QED) is 0.396. The molecule has 1 aromatic heterocycles. The number of hydrogen-bond acceptors (Lipinski definition) is 10. The van der Waals surface area contributed by atoms with Crippen LogP contribution >= 0.6 is 0 Å². The molecule has 2 heterocycles. The molecule has 1 amide bonds. The van der Waals surface area contributed by atoms with Crippen LogP contribution < -0.4 is 10.1 Å². The van der Waals surface area contributed by atoms with Gasteiger partial charge in [0.25, 0.3) is 5.91 Å². The Morgan fingerprint density at radius 3 is 2.51 bits per heavy atom. The fourth-order valence-electron chi connectivity index (χ4n) is 4.87. The fraction of sp³-hybridized carbons (Fsp3) is 0.464. The van der Waals surface area contributed by atoms with E-state index in [0.29, 0.717) is 12.8 Å². The Morgan fingerprint density at radius 2 is 1.82 bits per heavy atom. The molecule has 1 aromatic carbocycles. The Morgan fingerprint density at radius 1 is 1.10 bits per heavy atom. The van der Waals surface area contributed by atoms with E-state index in [1.165, 1.54) is 26.3 Å². The van der Waals surface area contributed by atoms with Crippen LogP contribution in [0.4, 0.5) is 0 Å². The summed E-state index contributed by atoms with van der Waals surface area (Å²) in [6.45, 7) is 1.00. The molecule has 2 N–H and O–H groups in total. The molecule has 4 atom stereocenters. The molecule has 11 heteroatoms. The highest BCUT2D eigenvalue weighted by molar-refractivity contribution is 5.98. The molecule has 1 saturated heterocycles. The predicted octanol–water partition coefficient (Wildman–Crippen LogP) is 2.34. The van der Waals surface area contributed by atoms with Gasteiger partial charge < -0.3 is 29.4 Å². The lowest BCUT2D eigenvalue weighted by Gasteiger charge is -2.30. The first-order valence-corrected chi connectivity index (χ1v) is 12.9. The topological polar surface area (TPSA) is 150 Å². The minimum atomic E-state index is -1.40. The molecule has 1 aliphatic carbocycles. The minimum Gasteiger partial charge on any atom is -0.503 e. The lowest BCUT2D eigenvalue weighted by atomic mass is 9.91. The Balaban J connectivity index is 1.57. The van der Waals surface area contributed by atoms with E-state index in [4.69, 9.17) is 18.9 Å². The third-order valence-electron chi connectivity index (χ3n) is 7.01. The van der Waals surface area contributed by atoms with E-state index < -0.39 is 60.3 Å². The molecule has 0 bridgehead atoms. The van der Waals surface area contributed by atoms with Gasteiger partial charge in [0.05, 0.1) is 13.0 Å². The summed E-state index contributed by atoms with van der Waals surface area (Å²) in [5.41, 5.74) is 0.426. The molecule has 2 fully saturated rings. The molecular weight excluding hydrogens is 508 g/mol. The van der Waals surface area contributed by atoms with Crippen molar-refractivity contribution in [3.05, 3.63) is 53.9 Å². The monoisotopic (exact) mass is 540 g/mol. The zero-order valence-electron chi connectivity index (χ0n) is 21.8. The summed E-state index contributed by atoms with van der Waals surface area (Å²) in [4.78, 5) is 56.1. The summed E-state index contributed by atoms with van der Waals surface area (Å²) in [5.74, 6) is -4.66. The average Bonchev–Trinajstić information content (AvgIpc) is 3.48. The van der Waals surface area contributed by atoms with Crippen LogP contribution in [0.1, 0.15) is 48.7 Å². The number of methoxy groups -OCH3 is 1. The zero-order chi connectivity index (χ0) is 27.9. The highest BCUT2D eigenvalue weighted by atomic mass is 16.6. The number of nitrogens with zero attached hydrogens (tertiary/aromatic N) is 1. The van der Waals surface area contributed by atoms with Gasteiger partial charge in [0.2, 0.25) is 0 Å². The molecule has 0 spiro atoms. The second kappa shape index (κ2) is 12.6. The van der Waals surface area contributed by atoms with Gasteiger partial charge in [-0.3, -0.25) is 14.4 Å². The second-order valence-corrected chi connectivity index (χ2v) is 9.69. The smallest absolute Gasteiger partial charge is 0.332 e. The lowest BCUT2D eigenvalue weighted by molar-refractivity contribution is -0.177. The summed E-state index contributed by atoms with van der Waals surface area (Å²) in [5, 5.41) is 12.7. The summed E-state index contributed by atoms with van der Waals surface area (Å²) in [7, 11) is 1.31. The van der Waals surface area contributed by atoms with Crippen LogP contribution in [0.25, 0.3) is 0 Å². The highest BCUT2D eigenvalue weighted by Gasteiger charge is 2.43. The molecule has 0 radical (unpaired) electrons. The Labute approximate surface area is 225 Å². The number of aromatic nitrogens is 1. The molecule has 39 heavy (non-hydrogen) atoms. The third kappa shape index (κ3) is 6.65. The molecule has 1 aliphatic heterocycles. The highest BCUT2D eigenvalue weighted by Crippen LogP contribution is 2.30. The van der Waals surface area contributed by atoms with Gasteiger partial charge >= 0.3 is 17.9 Å². The van der Waals surface area contributed by atoms with Crippen LogP contribution in [0.15, 0.2) is 42.6 Å². The van der Waals surface area contributed by atoms with Gasteiger partial charge in [-0.05, 0) is 31.7 Å². The Bertz CT molecular complexity index is 1200.